The summed E-state index contributed by atoms with van der Waals surface area (Å²) < 4.78 is 5.28. The third kappa shape index (κ3) is 2.16. The smallest absolute Gasteiger partial charge is 0.207 e. The van der Waals surface area contributed by atoms with Crippen LogP contribution in [0.1, 0.15) is 43.1 Å². The van der Waals surface area contributed by atoms with E-state index in [9.17, 15) is 4.79 Å². The van der Waals surface area contributed by atoms with Crippen LogP contribution >= 0.6 is 11.3 Å². The van der Waals surface area contributed by atoms with E-state index in [0.717, 1.165) is 16.7 Å². The van der Waals surface area contributed by atoms with Gasteiger partial charge in [0.1, 0.15) is 10.6 Å². The average Bonchev–Trinajstić information content (AvgIpc) is 2.91. The van der Waals surface area contributed by atoms with Gasteiger partial charge in [-0.25, -0.2) is 0 Å². The van der Waals surface area contributed by atoms with Crippen molar-refractivity contribution in [1.29, 1.82) is 0 Å². The summed E-state index contributed by atoms with van der Waals surface area (Å²) in [4.78, 5) is 13.6. The Morgan fingerprint density at radius 1 is 0.950 bits per heavy atom. The molecule has 3 heteroatoms. The maximum atomic E-state index is 12.9. The number of carbonyl (C=O) groups excluding carboxylic acids is 1. The lowest BCUT2D eigenvalue weighted by Gasteiger charge is -2.17. The fraction of sp³-hybridized carbons (Fsp3) is 0.353. The Bertz CT molecular complexity index is 652. The first-order chi connectivity index (χ1) is 9.40. The molecule has 2 aromatic rings. The van der Waals surface area contributed by atoms with Gasteiger partial charge in [0.2, 0.25) is 5.78 Å². The molecule has 0 radical (unpaired) electrons. The minimum absolute atomic E-state index is 0.0676. The first-order valence-corrected chi connectivity index (χ1v) is 7.51. The van der Waals surface area contributed by atoms with Crippen molar-refractivity contribution in [3.05, 3.63) is 49.7 Å². The molecule has 2 nitrogen and oxygen atoms in total. The summed E-state index contributed by atoms with van der Waals surface area (Å²) in [6.45, 7) is 10.3. The Labute approximate surface area is 124 Å². The summed E-state index contributed by atoms with van der Waals surface area (Å²) in [5, 5.41) is 1.89. The zero-order valence-electron chi connectivity index (χ0n) is 12.9. The standard InChI is InChI=1S/C17H20O2S/c1-9-10(2)12(4)15(13(5)11(9)3)16(18)17-14(19-6)7-8-20-17/h7-8H,1-6H3. The number of rotatable bonds is 3. The molecule has 2 rings (SSSR count). The van der Waals surface area contributed by atoms with E-state index in [1.165, 1.54) is 28.0 Å². The topological polar surface area (TPSA) is 26.3 Å². The molecule has 0 saturated heterocycles. The van der Waals surface area contributed by atoms with Gasteiger partial charge in [-0.2, -0.15) is 0 Å². The monoisotopic (exact) mass is 288 g/mol. The molecule has 1 aromatic heterocycles. The third-order valence-corrected chi connectivity index (χ3v) is 5.18. The average molecular weight is 288 g/mol. The van der Waals surface area contributed by atoms with Crippen molar-refractivity contribution in [2.24, 2.45) is 0 Å². The zero-order valence-corrected chi connectivity index (χ0v) is 13.7. The van der Waals surface area contributed by atoms with Crippen molar-refractivity contribution in [1.82, 2.24) is 0 Å². The summed E-state index contributed by atoms with van der Waals surface area (Å²) in [5.74, 6) is 0.729. The minimum Gasteiger partial charge on any atom is -0.495 e. The predicted molar refractivity (Wildman–Crippen MR) is 84.4 cm³/mol. The maximum Gasteiger partial charge on any atom is 0.207 e. The number of thiophene rings is 1. The minimum atomic E-state index is 0.0676. The fourth-order valence-electron chi connectivity index (χ4n) is 2.58. The van der Waals surface area contributed by atoms with Crippen LogP contribution in [0.2, 0.25) is 0 Å². The van der Waals surface area contributed by atoms with Crippen LogP contribution in [-0.4, -0.2) is 12.9 Å². The van der Waals surface area contributed by atoms with Gasteiger partial charge in [0, 0.05) is 5.56 Å². The molecule has 0 N–H and O–H groups in total. The molecular formula is C17H20O2S. The Kier molecular flexibility index (Phi) is 4.00. The van der Waals surface area contributed by atoms with Crippen molar-refractivity contribution in [3.63, 3.8) is 0 Å². The molecule has 20 heavy (non-hydrogen) atoms. The summed E-state index contributed by atoms with van der Waals surface area (Å²) in [6, 6.07) is 1.84. The van der Waals surface area contributed by atoms with Gasteiger partial charge in [0.15, 0.2) is 0 Å². The Morgan fingerprint density at radius 2 is 1.45 bits per heavy atom. The largest absolute Gasteiger partial charge is 0.495 e. The molecule has 0 spiro atoms. The second kappa shape index (κ2) is 5.41. The quantitative estimate of drug-likeness (QED) is 0.776. The number of benzene rings is 1. The summed E-state index contributed by atoms with van der Waals surface area (Å²) >= 11 is 1.44. The molecule has 1 heterocycles. The summed E-state index contributed by atoms with van der Waals surface area (Å²) in [7, 11) is 1.60. The predicted octanol–water partition coefficient (Wildman–Crippen LogP) is 4.53. The van der Waals surface area contributed by atoms with E-state index in [-0.39, 0.29) is 5.78 Å². The molecule has 0 aliphatic heterocycles. The number of ketones is 1. The van der Waals surface area contributed by atoms with E-state index < -0.39 is 0 Å². The van der Waals surface area contributed by atoms with E-state index >= 15 is 0 Å². The van der Waals surface area contributed by atoms with Crippen LogP contribution in [0.15, 0.2) is 11.4 Å². The molecule has 0 bridgehead atoms. The lowest BCUT2D eigenvalue weighted by atomic mass is 9.87. The van der Waals surface area contributed by atoms with Crippen LogP contribution in [0.3, 0.4) is 0 Å². The van der Waals surface area contributed by atoms with Gasteiger partial charge in [0.05, 0.1) is 7.11 Å². The first kappa shape index (κ1) is 14.8. The fourth-order valence-corrected chi connectivity index (χ4v) is 3.38. The van der Waals surface area contributed by atoms with Crippen LogP contribution in [0.5, 0.6) is 5.75 Å². The summed E-state index contributed by atoms with van der Waals surface area (Å²) in [6.07, 6.45) is 0. The highest BCUT2D eigenvalue weighted by Crippen LogP contribution is 2.32. The number of methoxy groups -OCH3 is 1. The van der Waals surface area contributed by atoms with Crippen LogP contribution in [-0.2, 0) is 0 Å². The Balaban J connectivity index is 2.68. The van der Waals surface area contributed by atoms with Gasteiger partial charge in [-0.1, -0.05) is 0 Å². The third-order valence-electron chi connectivity index (χ3n) is 4.28. The van der Waals surface area contributed by atoms with Gasteiger partial charge in [-0.15, -0.1) is 11.3 Å². The maximum absolute atomic E-state index is 12.9. The molecule has 0 amide bonds. The lowest BCUT2D eigenvalue weighted by Crippen LogP contribution is -2.10. The van der Waals surface area contributed by atoms with Crippen LogP contribution in [0.4, 0.5) is 0 Å². The van der Waals surface area contributed by atoms with Gasteiger partial charge in [-0.3, -0.25) is 4.79 Å². The van der Waals surface area contributed by atoms with Crippen molar-refractivity contribution >= 4 is 17.1 Å². The second-order valence-corrected chi connectivity index (χ2v) is 6.06. The van der Waals surface area contributed by atoms with E-state index in [0.29, 0.717) is 10.6 Å². The van der Waals surface area contributed by atoms with Crippen molar-refractivity contribution in [3.8, 4) is 5.75 Å². The van der Waals surface area contributed by atoms with E-state index in [2.05, 4.69) is 20.8 Å². The number of hydrogen-bond donors (Lipinski definition) is 0. The number of carbonyl (C=O) groups is 1. The number of hydrogen-bond acceptors (Lipinski definition) is 3. The van der Waals surface area contributed by atoms with Crippen LogP contribution < -0.4 is 4.74 Å². The molecule has 0 fully saturated rings. The highest BCUT2D eigenvalue weighted by molar-refractivity contribution is 7.12. The number of ether oxygens (including phenoxy) is 1. The first-order valence-electron chi connectivity index (χ1n) is 6.63. The molecule has 1 aromatic carbocycles. The zero-order chi connectivity index (χ0) is 15.0. The van der Waals surface area contributed by atoms with Gasteiger partial charge >= 0.3 is 0 Å². The van der Waals surface area contributed by atoms with Crippen LogP contribution in [0, 0.1) is 34.6 Å². The SMILES string of the molecule is COc1ccsc1C(=O)c1c(C)c(C)c(C)c(C)c1C. The molecular weight excluding hydrogens is 268 g/mol. The molecule has 0 aliphatic carbocycles. The van der Waals surface area contributed by atoms with Gasteiger partial charge < -0.3 is 4.74 Å². The molecule has 0 aliphatic rings. The van der Waals surface area contributed by atoms with Crippen molar-refractivity contribution in [2.75, 3.05) is 7.11 Å². The molecule has 0 atom stereocenters. The Hall–Kier alpha value is -1.61. The molecule has 0 unspecified atom stereocenters. The second-order valence-electron chi connectivity index (χ2n) is 5.15. The van der Waals surface area contributed by atoms with Crippen LogP contribution in [0.25, 0.3) is 0 Å². The highest BCUT2D eigenvalue weighted by atomic mass is 32.1. The summed E-state index contributed by atoms with van der Waals surface area (Å²) in [5.41, 5.74) is 6.65. The highest BCUT2D eigenvalue weighted by Gasteiger charge is 2.22. The van der Waals surface area contributed by atoms with E-state index in [4.69, 9.17) is 4.74 Å². The molecule has 0 saturated carbocycles. The van der Waals surface area contributed by atoms with E-state index in [1.54, 1.807) is 7.11 Å². The van der Waals surface area contributed by atoms with Gasteiger partial charge in [0.25, 0.3) is 0 Å². The van der Waals surface area contributed by atoms with E-state index in [1.807, 2.05) is 25.3 Å². The van der Waals surface area contributed by atoms with Gasteiger partial charge in [-0.05, 0) is 73.9 Å². The van der Waals surface area contributed by atoms with Crippen molar-refractivity contribution in [2.45, 2.75) is 34.6 Å². The lowest BCUT2D eigenvalue weighted by molar-refractivity contribution is 0.103. The normalized spacial score (nSPS) is 10.7. The molecule has 106 valence electrons. The van der Waals surface area contributed by atoms with Crippen molar-refractivity contribution < 1.29 is 9.53 Å². The Morgan fingerprint density at radius 3 is 1.95 bits per heavy atom.